The number of amides is 1. The van der Waals surface area contributed by atoms with E-state index in [1.165, 1.54) is 6.33 Å². The van der Waals surface area contributed by atoms with Crippen LogP contribution in [0.15, 0.2) is 42.2 Å². The van der Waals surface area contributed by atoms with Crippen LogP contribution < -0.4 is 4.90 Å². The van der Waals surface area contributed by atoms with Crippen molar-refractivity contribution >= 4 is 23.5 Å². The predicted molar refractivity (Wildman–Crippen MR) is 104 cm³/mol. The van der Waals surface area contributed by atoms with E-state index in [1.807, 2.05) is 31.2 Å². The molecule has 150 valence electrons. The maximum atomic E-state index is 13.4. The lowest BCUT2D eigenvalue weighted by Crippen LogP contribution is -2.40. The van der Waals surface area contributed by atoms with E-state index in [4.69, 9.17) is 5.11 Å². The molecule has 8 nitrogen and oxygen atoms in total. The summed E-state index contributed by atoms with van der Waals surface area (Å²) in [5, 5.41) is 18.7. The van der Waals surface area contributed by atoms with Gasteiger partial charge in [-0.05, 0) is 31.4 Å². The Kier molecular flexibility index (Phi) is 4.70. The minimum Gasteiger partial charge on any atom is -0.478 e. The summed E-state index contributed by atoms with van der Waals surface area (Å²) in [6, 6.07) is 7.00. The van der Waals surface area contributed by atoms with Crippen molar-refractivity contribution in [3.63, 3.8) is 0 Å². The van der Waals surface area contributed by atoms with E-state index in [0.717, 1.165) is 29.1 Å². The summed E-state index contributed by atoms with van der Waals surface area (Å²) in [4.78, 5) is 42.4. The lowest BCUT2D eigenvalue weighted by Gasteiger charge is -2.33. The number of benzene rings is 1. The van der Waals surface area contributed by atoms with Gasteiger partial charge in [-0.3, -0.25) is 4.79 Å². The highest BCUT2D eigenvalue weighted by atomic mass is 16.4. The number of rotatable bonds is 4. The van der Waals surface area contributed by atoms with Gasteiger partial charge >= 0.3 is 11.9 Å². The van der Waals surface area contributed by atoms with Crippen LogP contribution in [0, 0.1) is 12.8 Å². The maximum Gasteiger partial charge on any atom is 0.333 e. The van der Waals surface area contributed by atoms with Gasteiger partial charge in [0.15, 0.2) is 0 Å². The van der Waals surface area contributed by atoms with E-state index in [0.29, 0.717) is 19.0 Å². The second-order valence-electron chi connectivity index (χ2n) is 7.45. The molecule has 2 aromatic rings. The van der Waals surface area contributed by atoms with Crippen molar-refractivity contribution < 1.29 is 24.6 Å². The lowest BCUT2D eigenvalue weighted by atomic mass is 9.85. The molecule has 0 aliphatic carbocycles. The summed E-state index contributed by atoms with van der Waals surface area (Å²) in [7, 11) is 0. The van der Waals surface area contributed by atoms with Crippen molar-refractivity contribution in [2.24, 2.45) is 5.92 Å². The average Bonchev–Trinajstić information content (AvgIpc) is 3.28. The molecule has 2 aliphatic heterocycles. The number of nitrogens with zero attached hydrogens (tertiary/aromatic N) is 3. The van der Waals surface area contributed by atoms with Crippen molar-refractivity contribution in [1.82, 2.24) is 9.55 Å². The predicted octanol–water partition coefficient (Wildman–Crippen LogP) is 1.98. The zero-order valence-corrected chi connectivity index (χ0v) is 15.9. The number of carbonyl (C=O) groups is 3. The lowest BCUT2D eigenvalue weighted by molar-refractivity contribution is -0.135. The minimum absolute atomic E-state index is 0.0631. The first kappa shape index (κ1) is 18.9. The average molecular weight is 395 g/mol. The number of aliphatic carboxylic acids is 2. The van der Waals surface area contributed by atoms with Gasteiger partial charge in [0.1, 0.15) is 0 Å². The Morgan fingerprint density at radius 2 is 1.97 bits per heavy atom. The van der Waals surface area contributed by atoms with Crippen molar-refractivity contribution in [2.45, 2.75) is 32.2 Å². The summed E-state index contributed by atoms with van der Waals surface area (Å²) < 4.78 is 1.69. The molecule has 3 heterocycles. The number of imidazole rings is 1. The highest BCUT2D eigenvalue weighted by Gasteiger charge is 2.39. The van der Waals surface area contributed by atoms with Crippen LogP contribution in [0.5, 0.6) is 0 Å². The molecule has 1 amide bonds. The highest BCUT2D eigenvalue weighted by Crippen LogP contribution is 2.38. The fourth-order valence-corrected chi connectivity index (χ4v) is 4.39. The Labute approximate surface area is 167 Å². The molecule has 29 heavy (non-hydrogen) atoms. The highest BCUT2D eigenvalue weighted by molar-refractivity contribution is 5.98. The molecular weight excluding hydrogens is 374 g/mol. The van der Waals surface area contributed by atoms with Crippen LogP contribution >= 0.6 is 0 Å². The molecule has 0 saturated heterocycles. The van der Waals surface area contributed by atoms with Crippen LogP contribution in [0.2, 0.25) is 0 Å². The first-order valence-electron chi connectivity index (χ1n) is 9.46. The van der Waals surface area contributed by atoms with E-state index < -0.39 is 23.9 Å². The van der Waals surface area contributed by atoms with E-state index >= 15 is 0 Å². The summed E-state index contributed by atoms with van der Waals surface area (Å²) in [6.45, 7) is 2.40. The largest absolute Gasteiger partial charge is 0.478 e. The van der Waals surface area contributed by atoms with Crippen LogP contribution in [-0.2, 0) is 27.2 Å². The molecule has 4 rings (SSSR count). The third-order valence-corrected chi connectivity index (χ3v) is 5.78. The first-order chi connectivity index (χ1) is 13.9. The number of carboxylic acid groups (broad SMARTS) is 2. The quantitative estimate of drug-likeness (QED) is 0.766. The molecule has 0 spiro atoms. The van der Waals surface area contributed by atoms with Gasteiger partial charge in [0.05, 0.1) is 23.6 Å². The van der Waals surface area contributed by atoms with E-state index in [9.17, 15) is 19.5 Å². The van der Waals surface area contributed by atoms with Crippen LogP contribution in [0.4, 0.5) is 5.69 Å². The van der Waals surface area contributed by atoms with Gasteiger partial charge < -0.3 is 19.7 Å². The van der Waals surface area contributed by atoms with Gasteiger partial charge in [0, 0.05) is 36.3 Å². The molecular formula is C21H21N3O5. The summed E-state index contributed by atoms with van der Waals surface area (Å²) in [5.74, 6) is -3.16. The van der Waals surface area contributed by atoms with Crippen molar-refractivity contribution in [3.05, 3.63) is 59.2 Å². The third-order valence-electron chi connectivity index (χ3n) is 5.78. The first-order valence-corrected chi connectivity index (χ1v) is 9.46. The number of hydrogen-bond donors (Lipinski definition) is 2. The van der Waals surface area contributed by atoms with Gasteiger partial charge in [0.2, 0.25) is 5.91 Å². The Morgan fingerprint density at radius 1 is 1.21 bits per heavy atom. The molecule has 1 aromatic heterocycles. The molecule has 1 aromatic carbocycles. The Hall–Kier alpha value is -3.42. The smallest absolute Gasteiger partial charge is 0.333 e. The zero-order chi connectivity index (χ0) is 20.7. The Morgan fingerprint density at radius 3 is 2.69 bits per heavy atom. The number of para-hydroxylation sites is 1. The summed E-state index contributed by atoms with van der Waals surface area (Å²) in [5.41, 5.74) is 3.24. The Balaban J connectivity index is 1.70. The maximum absolute atomic E-state index is 13.4. The van der Waals surface area contributed by atoms with Crippen LogP contribution in [-0.4, -0.2) is 44.2 Å². The second-order valence-corrected chi connectivity index (χ2v) is 7.45. The van der Waals surface area contributed by atoms with Gasteiger partial charge in [-0.25, -0.2) is 14.6 Å². The minimum atomic E-state index is -1.33. The fraction of sp³-hybridized carbons (Fsp3) is 0.333. The number of carbonyl (C=O) groups excluding carboxylic acids is 1. The summed E-state index contributed by atoms with van der Waals surface area (Å²) >= 11 is 0. The van der Waals surface area contributed by atoms with E-state index in [2.05, 4.69) is 4.98 Å². The second kappa shape index (κ2) is 7.20. The van der Waals surface area contributed by atoms with Crippen LogP contribution in [0.3, 0.4) is 0 Å². The molecule has 2 unspecified atom stereocenters. The van der Waals surface area contributed by atoms with E-state index in [-0.39, 0.29) is 17.9 Å². The van der Waals surface area contributed by atoms with Crippen LogP contribution in [0.25, 0.3) is 0 Å². The molecule has 2 aliphatic rings. The van der Waals surface area contributed by atoms with Gasteiger partial charge in [-0.2, -0.15) is 0 Å². The van der Waals surface area contributed by atoms with Crippen molar-refractivity contribution in [2.75, 3.05) is 11.4 Å². The molecule has 2 atom stereocenters. The zero-order valence-electron chi connectivity index (χ0n) is 15.9. The van der Waals surface area contributed by atoms with Gasteiger partial charge in [-0.15, -0.1) is 0 Å². The van der Waals surface area contributed by atoms with Crippen molar-refractivity contribution in [1.29, 1.82) is 0 Å². The van der Waals surface area contributed by atoms with Crippen LogP contribution in [0.1, 0.15) is 29.4 Å². The molecule has 2 N–H and O–H groups in total. The summed E-state index contributed by atoms with van der Waals surface area (Å²) in [6.07, 6.45) is 3.68. The molecule has 0 fully saturated rings. The number of fused-ring (bicyclic) bond motifs is 2. The molecule has 8 heteroatoms. The number of aryl methyl sites for hydroxylation is 1. The standard InChI is InChI=1S/C21H21N3O5/c1-12-17-8-14(20(27)23-7-6-13-4-2-3-5-16(13)23)9-18(24(17)11-22-12)15(21(28)29)10-19(25)26/h2-5,10-11,14,18H,6-9H2,1H3,(H,25,26)(H,28,29). The normalized spacial score (nSPS) is 20.9. The number of aromatic nitrogens is 2. The monoisotopic (exact) mass is 395 g/mol. The number of hydrogen-bond acceptors (Lipinski definition) is 4. The topological polar surface area (TPSA) is 113 Å². The molecule has 0 radical (unpaired) electrons. The Bertz CT molecular complexity index is 1040. The molecule has 0 saturated carbocycles. The van der Waals surface area contributed by atoms with Gasteiger partial charge in [0.25, 0.3) is 0 Å². The number of carboxylic acids is 2. The number of anilines is 1. The fourth-order valence-electron chi connectivity index (χ4n) is 4.39. The molecule has 0 bridgehead atoms. The van der Waals surface area contributed by atoms with Crippen molar-refractivity contribution in [3.8, 4) is 0 Å². The van der Waals surface area contributed by atoms with Gasteiger partial charge in [-0.1, -0.05) is 18.2 Å². The third kappa shape index (κ3) is 3.30. The van der Waals surface area contributed by atoms with E-state index in [1.54, 1.807) is 9.47 Å². The SMILES string of the molecule is Cc1ncn2c1CC(C(=O)N1CCc3ccccc31)CC2C(=CC(=O)O)C(=O)O.